The second-order valence-corrected chi connectivity index (χ2v) is 2.63. The van der Waals surface area contributed by atoms with Gasteiger partial charge in [-0.1, -0.05) is 6.07 Å². The number of hydrogen-bond donors (Lipinski definition) is 1. The van der Waals surface area contributed by atoms with Crippen LogP contribution in [0.1, 0.15) is 0 Å². The Morgan fingerprint density at radius 1 is 1.47 bits per heavy atom. The van der Waals surface area contributed by atoms with Crippen molar-refractivity contribution in [2.45, 2.75) is 6.61 Å². The van der Waals surface area contributed by atoms with Crippen LogP contribution in [0.5, 0.6) is 0 Å². The van der Waals surface area contributed by atoms with Gasteiger partial charge in [-0.05, 0) is 18.2 Å². The van der Waals surface area contributed by atoms with Crippen LogP contribution in [0.2, 0.25) is 0 Å². The molecule has 0 heterocycles. The first-order chi connectivity index (χ1) is 7.08. The first-order valence-electron chi connectivity index (χ1n) is 4.03. The van der Waals surface area contributed by atoms with Gasteiger partial charge >= 0.3 is 6.61 Å². The van der Waals surface area contributed by atoms with Crippen molar-refractivity contribution >= 4 is 11.6 Å². The minimum Gasteiger partial charge on any atom is -0.324 e. The Morgan fingerprint density at radius 2 is 2.20 bits per heavy atom. The number of ether oxygens (including phenoxy) is 1. The second kappa shape index (κ2) is 5.35. The molecule has 3 nitrogen and oxygen atoms in total. The lowest BCUT2D eigenvalue weighted by molar-refractivity contribution is -0.148. The summed E-state index contributed by atoms with van der Waals surface area (Å²) in [5.41, 5.74) is 0.192. The fourth-order valence-electron chi connectivity index (χ4n) is 0.902. The van der Waals surface area contributed by atoms with Gasteiger partial charge in [-0.2, -0.15) is 8.78 Å². The van der Waals surface area contributed by atoms with E-state index in [0.717, 1.165) is 6.07 Å². The van der Waals surface area contributed by atoms with Crippen LogP contribution in [0.15, 0.2) is 24.3 Å². The summed E-state index contributed by atoms with van der Waals surface area (Å²) in [5, 5.41) is 2.20. The van der Waals surface area contributed by atoms with Crippen molar-refractivity contribution in [1.29, 1.82) is 0 Å². The van der Waals surface area contributed by atoms with E-state index in [1.807, 2.05) is 0 Å². The molecule has 1 rings (SSSR count). The third kappa shape index (κ3) is 4.46. The molecule has 0 unspecified atom stereocenters. The Bertz CT molecular complexity index is 344. The minimum absolute atomic E-state index is 0.192. The summed E-state index contributed by atoms with van der Waals surface area (Å²) in [4.78, 5) is 10.9. The number of rotatable bonds is 4. The second-order valence-electron chi connectivity index (χ2n) is 2.63. The quantitative estimate of drug-likeness (QED) is 0.841. The molecule has 0 aliphatic carbocycles. The largest absolute Gasteiger partial charge is 0.345 e. The SMILES string of the molecule is O=C(COC(F)F)Nc1cccc(F)c1. The summed E-state index contributed by atoms with van der Waals surface area (Å²) >= 11 is 0. The van der Waals surface area contributed by atoms with Gasteiger partial charge in [0, 0.05) is 5.69 Å². The van der Waals surface area contributed by atoms with Crippen molar-refractivity contribution in [3.05, 3.63) is 30.1 Å². The molecule has 0 fully saturated rings. The van der Waals surface area contributed by atoms with E-state index in [1.165, 1.54) is 18.2 Å². The zero-order chi connectivity index (χ0) is 11.3. The number of anilines is 1. The van der Waals surface area contributed by atoms with Gasteiger partial charge in [0.1, 0.15) is 12.4 Å². The lowest BCUT2D eigenvalue weighted by Crippen LogP contribution is -2.19. The molecule has 0 bridgehead atoms. The van der Waals surface area contributed by atoms with Crippen LogP contribution in [-0.2, 0) is 9.53 Å². The van der Waals surface area contributed by atoms with Crippen molar-refractivity contribution in [1.82, 2.24) is 0 Å². The van der Waals surface area contributed by atoms with Crippen LogP contribution in [0.25, 0.3) is 0 Å². The van der Waals surface area contributed by atoms with Gasteiger partial charge < -0.3 is 10.1 Å². The third-order valence-electron chi connectivity index (χ3n) is 1.45. The zero-order valence-corrected chi connectivity index (χ0v) is 7.54. The van der Waals surface area contributed by atoms with E-state index < -0.39 is 24.9 Å². The van der Waals surface area contributed by atoms with Gasteiger partial charge in [-0.15, -0.1) is 0 Å². The summed E-state index contributed by atoms with van der Waals surface area (Å²) in [7, 11) is 0. The number of benzene rings is 1. The van der Waals surface area contributed by atoms with E-state index in [1.54, 1.807) is 0 Å². The summed E-state index contributed by atoms with van der Waals surface area (Å²) in [6, 6.07) is 5.09. The molecule has 0 aliphatic rings. The first-order valence-corrected chi connectivity index (χ1v) is 4.03. The van der Waals surface area contributed by atoms with E-state index >= 15 is 0 Å². The van der Waals surface area contributed by atoms with E-state index in [9.17, 15) is 18.0 Å². The highest BCUT2D eigenvalue weighted by Crippen LogP contribution is 2.08. The molecule has 1 aromatic carbocycles. The maximum absolute atomic E-state index is 12.6. The molecule has 6 heteroatoms. The van der Waals surface area contributed by atoms with E-state index in [4.69, 9.17) is 0 Å². The van der Waals surface area contributed by atoms with Gasteiger partial charge in [-0.3, -0.25) is 4.79 Å². The molecule has 15 heavy (non-hydrogen) atoms. The molecule has 0 spiro atoms. The Balaban J connectivity index is 2.44. The number of hydrogen-bond acceptors (Lipinski definition) is 2. The van der Waals surface area contributed by atoms with Crippen LogP contribution >= 0.6 is 0 Å². The Labute approximate surface area is 83.8 Å². The van der Waals surface area contributed by atoms with Gasteiger partial charge in [0.05, 0.1) is 0 Å². The number of carbonyl (C=O) groups is 1. The molecule has 0 saturated carbocycles. The molecule has 0 atom stereocenters. The Kier molecular flexibility index (Phi) is 4.11. The van der Waals surface area contributed by atoms with Crippen LogP contribution in [0.4, 0.5) is 18.9 Å². The smallest absolute Gasteiger partial charge is 0.324 e. The maximum atomic E-state index is 12.6. The fraction of sp³-hybridized carbons (Fsp3) is 0.222. The number of carbonyl (C=O) groups excluding carboxylic acids is 1. The predicted molar refractivity (Wildman–Crippen MR) is 47.0 cm³/mol. The Hall–Kier alpha value is -1.56. The normalized spacial score (nSPS) is 10.4. The standard InChI is InChI=1S/C9H8F3NO2/c10-6-2-1-3-7(4-6)13-8(14)5-15-9(11)12/h1-4,9H,5H2,(H,13,14). The lowest BCUT2D eigenvalue weighted by Gasteiger charge is -2.05. The average molecular weight is 219 g/mol. The molecule has 1 N–H and O–H groups in total. The number of halogens is 3. The number of alkyl halides is 2. The molecule has 1 aromatic rings. The summed E-state index contributed by atoms with van der Waals surface area (Å²) < 4.78 is 39.5. The molecule has 0 radical (unpaired) electrons. The number of amides is 1. The van der Waals surface area contributed by atoms with Crippen molar-refractivity contribution in [3.63, 3.8) is 0 Å². The average Bonchev–Trinajstić information content (AvgIpc) is 2.15. The minimum atomic E-state index is -3.00. The topological polar surface area (TPSA) is 38.3 Å². The van der Waals surface area contributed by atoms with Crippen molar-refractivity contribution in [2.24, 2.45) is 0 Å². The maximum Gasteiger partial charge on any atom is 0.345 e. The summed E-state index contributed by atoms with van der Waals surface area (Å²) in [6.07, 6.45) is 0. The van der Waals surface area contributed by atoms with Crippen LogP contribution in [-0.4, -0.2) is 19.1 Å². The molecule has 82 valence electrons. The third-order valence-corrected chi connectivity index (χ3v) is 1.45. The van der Waals surface area contributed by atoms with Crippen molar-refractivity contribution in [3.8, 4) is 0 Å². The van der Waals surface area contributed by atoms with Gasteiger partial charge in [0.15, 0.2) is 0 Å². The fourth-order valence-corrected chi connectivity index (χ4v) is 0.902. The molecular weight excluding hydrogens is 211 g/mol. The summed E-state index contributed by atoms with van der Waals surface area (Å²) in [6.45, 7) is -3.77. The van der Waals surface area contributed by atoms with E-state index in [0.29, 0.717) is 0 Å². The Morgan fingerprint density at radius 3 is 2.80 bits per heavy atom. The van der Waals surface area contributed by atoms with Gasteiger partial charge in [-0.25, -0.2) is 4.39 Å². The number of nitrogens with one attached hydrogen (secondary N) is 1. The van der Waals surface area contributed by atoms with Crippen molar-refractivity contribution in [2.75, 3.05) is 11.9 Å². The first kappa shape index (κ1) is 11.5. The van der Waals surface area contributed by atoms with E-state index in [-0.39, 0.29) is 5.69 Å². The van der Waals surface area contributed by atoms with E-state index in [2.05, 4.69) is 10.1 Å². The highest BCUT2D eigenvalue weighted by Gasteiger charge is 2.07. The monoisotopic (exact) mass is 219 g/mol. The molecular formula is C9H8F3NO2. The van der Waals surface area contributed by atoms with Crippen LogP contribution in [0, 0.1) is 5.82 Å². The highest BCUT2D eigenvalue weighted by atomic mass is 19.3. The van der Waals surface area contributed by atoms with Crippen LogP contribution in [0.3, 0.4) is 0 Å². The van der Waals surface area contributed by atoms with Gasteiger partial charge in [0.25, 0.3) is 5.91 Å². The van der Waals surface area contributed by atoms with Gasteiger partial charge in [0.2, 0.25) is 0 Å². The van der Waals surface area contributed by atoms with Crippen molar-refractivity contribution < 1.29 is 22.7 Å². The highest BCUT2D eigenvalue weighted by molar-refractivity contribution is 5.91. The molecule has 1 amide bonds. The lowest BCUT2D eigenvalue weighted by atomic mass is 10.3. The molecule has 0 aromatic heterocycles. The predicted octanol–water partition coefficient (Wildman–Crippen LogP) is 2.00. The molecule has 0 aliphatic heterocycles. The zero-order valence-electron chi connectivity index (χ0n) is 7.54. The summed E-state index contributed by atoms with van der Waals surface area (Å²) in [5.74, 6) is -1.29. The molecule has 0 saturated heterocycles. The van der Waals surface area contributed by atoms with Crippen LogP contribution < -0.4 is 5.32 Å².